The van der Waals surface area contributed by atoms with Crippen molar-refractivity contribution in [1.29, 1.82) is 0 Å². The van der Waals surface area contributed by atoms with Crippen molar-refractivity contribution in [1.82, 2.24) is 14.8 Å². The highest BCUT2D eigenvalue weighted by molar-refractivity contribution is 5.34. The van der Waals surface area contributed by atoms with E-state index in [1.54, 1.807) is 0 Å². The van der Waals surface area contributed by atoms with Gasteiger partial charge in [0.25, 0.3) is 0 Å². The molecule has 1 heterocycles. The second-order valence-electron chi connectivity index (χ2n) is 3.24. The molecule has 0 aliphatic carbocycles. The Morgan fingerprint density at radius 2 is 2.07 bits per heavy atom. The molecule has 0 bridgehead atoms. The minimum atomic E-state index is -0.235. The van der Waals surface area contributed by atoms with E-state index in [4.69, 9.17) is 5.73 Å². The number of aromatic amines is 1. The number of benzene rings is 1. The molecule has 0 saturated heterocycles. The van der Waals surface area contributed by atoms with Gasteiger partial charge in [0.15, 0.2) is 0 Å². The summed E-state index contributed by atoms with van der Waals surface area (Å²) in [5, 5.41) is 6.01. The quantitative estimate of drug-likeness (QED) is 0.742. The monoisotopic (exact) mass is 204 g/mol. The maximum absolute atomic E-state index is 11.3. The van der Waals surface area contributed by atoms with Crippen LogP contribution in [0.5, 0.6) is 0 Å². The van der Waals surface area contributed by atoms with E-state index in [9.17, 15) is 4.79 Å². The van der Waals surface area contributed by atoms with Crippen molar-refractivity contribution in [2.45, 2.75) is 6.42 Å². The van der Waals surface area contributed by atoms with E-state index in [1.807, 2.05) is 24.3 Å². The molecule has 1 aromatic heterocycles. The summed E-state index contributed by atoms with van der Waals surface area (Å²) in [5.41, 5.74) is 7.18. The van der Waals surface area contributed by atoms with E-state index in [-0.39, 0.29) is 5.69 Å². The Labute approximate surface area is 86.5 Å². The van der Waals surface area contributed by atoms with Crippen molar-refractivity contribution < 1.29 is 0 Å². The number of nitrogens with one attached hydrogen (secondary N) is 1. The number of H-pyrrole nitrogens is 1. The lowest BCUT2D eigenvalue weighted by Crippen LogP contribution is -2.14. The highest BCUT2D eigenvalue weighted by Gasteiger charge is 2.00. The summed E-state index contributed by atoms with van der Waals surface area (Å²) in [6, 6.07) is 7.67. The standard InChI is InChI=1S/C10H12N4O/c11-6-5-8-1-3-9(4-2-8)14-7-12-13-10(14)15/h1-4,7H,5-6,11H2,(H,13,15). The molecule has 5 heteroatoms. The summed E-state index contributed by atoms with van der Waals surface area (Å²) in [6.45, 7) is 0.630. The van der Waals surface area contributed by atoms with Gasteiger partial charge in [-0.1, -0.05) is 12.1 Å². The molecule has 0 amide bonds. The molecule has 0 aliphatic rings. The van der Waals surface area contributed by atoms with Crippen LogP contribution in [-0.2, 0) is 6.42 Å². The van der Waals surface area contributed by atoms with E-state index >= 15 is 0 Å². The molecular weight excluding hydrogens is 192 g/mol. The molecule has 78 valence electrons. The van der Waals surface area contributed by atoms with E-state index < -0.39 is 0 Å². The fraction of sp³-hybridized carbons (Fsp3) is 0.200. The maximum atomic E-state index is 11.3. The summed E-state index contributed by atoms with van der Waals surface area (Å²) >= 11 is 0. The summed E-state index contributed by atoms with van der Waals surface area (Å²) in [7, 11) is 0. The number of nitrogens with zero attached hydrogens (tertiary/aromatic N) is 2. The van der Waals surface area contributed by atoms with E-state index in [2.05, 4.69) is 10.2 Å². The lowest BCUT2D eigenvalue weighted by molar-refractivity contribution is 0.956. The number of hydrogen-bond acceptors (Lipinski definition) is 3. The van der Waals surface area contributed by atoms with Crippen LogP contribution in [0.4, 0.5) is 0 Å². The summed E-state index contributed by atoms with van der Waals surface area (Å²) in [5.74, 6) is 0. The average Bonchev–Trinajstić information content (AvgIpc) is 2.66. The van der Waals surface area contributed by atoms with Gasteiger partial charge in [0.2, 0.25) is 0 Å². The molecule has 0 unspecified atom stereocenters. The first kappa shape index (κ1) is 9.67. The first-order valence-electron chi connectivity index (χ1n) is 4.72. The van der Waals surface area contributed by atoms with Crippen molar-refractivity contribution >= 4 is 0 Å². The summed E-state index contributed by atoms with van der Waals surface area (Å²) in [4.78, 5) is 11.3. The Morgan fingerprint density at radius 3 is 2.60 bits per heavy atom. The van der Waals surface area contributed by atoms with Gasteiger partial charge in [0.1, 0.15) is 6.33 Å². The van der Waals surface area contributed by atoms with E-state index in [0.717, 1.165) is 17.7 Å². The van der Waals surface area contributed by atoms with Crippen LogP contribution in [0, 0.1) is 0 Å². The topological polar surface area (TPSA) is 76.7 Å². The molecule has 0 saturated carbocycles. The van der Waals surface area contributed by atoms with Gasteiger partial charge in [0, 0.05) is 0 Å². The molecule has 2 aromatic rings. The van der Waals surface area contributed by atoms with Gasteiger partial charge in [-0.05, 0) is 30.7 Å². The minimum absolute atomic E-state index is 0.235. The van der Waals surface area contributed by atoms with Crippen LogP contribution >= 0.6 is 0 Å². The highest BCUT2D eigenvalue weighted by Crippen LogP contribution is 2.07. The molecule has 1 aromatic carbocycles. The first-order valence-corrected chi connectivity index (χ1v) is 4.72. The fourth-order valence-electron chi connectivity index (χ4n) is 1.42. The molecule has 0 fully saturated rings. The zero-order valence-corrected chi connectivity index (χ0v) is 8.18. The van der Waals surface area contributed by atoms with Crippen LogP contribution in [0.15, 0.2) is 35.4 Å². The van der Waals surface area contributed by atoms with Gasteiger partial charge in [-0.3, -0.25) is 0 Å². The number of rotatable bonds is 3. The summed E-state index contributed by atoms with van der Waals surface area (Å²) < 4.78 is 1.45. The molecular formula is C10H12N4O. The van der Waals surface area contributed by atoms with Gasteiger partial charge in [0.05, 0.1) is 5.69 Å². The summed E-state index contributed by atoms with van der Waals surface area (Å²) in [6.07, 6.45) is 2.31. The molecule has 0 aliphatic heterocycles. The number of hydrogen-bond donors (Lipinski definition) is 2. The smallest absolute Gasteiger partial charge is 0.330 e. The normalized spacial score (nSPS) is 10.5. The van der Waals surface area contributed by atoms with Crippen LogP contribution < -0.4 is 11.4 Å². The van der Waals surface area contributed by atoms with Gasteiger partial charge >= 0.3 is 5.69 Å². The second kappa shape index (κ2) is 4.10. The van der Waals surface area contributed by atoms with Gasteiger partial charge in [-0.2, -0.15) is 5.10 Å². The third kappa shape index (κ3) is 1.97. The first-order chi connectivity index (χ1) is 7.31. The molecule has 2 rings (SSSR count). The molecule has 5 nitrogen and oxygen atoms in total. The van der Waals surface area contributed by atoms with Crippen molar-refractivity contribution in [3.63, 3.8) is 0 Å². The van der Waals surface area contributed by atoms with Crippen molar-refractivity contribution in [3.05, 3.63) is 46.6 Å². The highest BCUT2D eigenvalue weighted by atomic mass is 16.1. The molecule has 0 atom stereocenters. The van der Waals surface area contributed by atoms with E-state index in [1.165, 1.54) is 10.9 Å². The largest absolute Gasteiger partial charge is 0.347 e. The maximum Gasteiger partial charge on any atom is 0.347 e. The predicted octanol–water partition coefficient (Wildman–Crippen LogP) is 0.0618. The average molecular weight is 204 g/mol. The Hall–Kier alpha value is -1.88. The van der Waals surface area contributed by atoms with Gasteiger partial charge in [-0.15, -0.1) is 0 Å². The van der Waals surface area contributed by atoms with Crippen LogP contribution in [0.2, 0.25) is 0 Å². The number of aromatic nitrogens is 3. The van der Waals surface area contributed by atoms with E-state index in [0.29, 0.717) is 6.54 Å². The zero-order chi connectivity index (χ0) is 10.7. The van der Waals surface area contributed by atoms with Crippen LogP contribution in [0.25, 0.3) is 5.69 Å². The fourth-order valence-corrected chi connectivity index (χ4v) is 1.42. The molecule has 0 radical (unpaired) electrons. The predicted molar refractivity (Wildman–Crippen MR) is 56.9 cm³/mol. The number of nitrogens with two attached hydrogens (primary N) is 1. The van der Waals surface area contributed by atoms with Crippen LogP contribution in [0.1, 0.15) is 5.56 Å². The van der Waals surface area contributed by atoms with Gasteiger partial charge < -0.3 is 5.73 Å². The molecule has 15 heavy (non-hydrogen) atoms. The van der Waals surface area contributed by atoms with Crippen LogP contribution in [-0.4, -0.2) is 21.3 Å². The third-order valence-electron chi connectivity index (χ3n) is 2.20. The second-order valence-corrected chi connectivity index (χ2v) is 3.24. The Morgan fingerprint density at radius 1 is 1.33 bits per heavy atom. The Kier molecular flexibility index (Phi) is 2.64. The Balaban J connectivity index is 2.32. The molecule has 0 spiro atoms. The minimum Gasteiger partial charge on any atom is -0.330 e. The Bertz CT molecular complexity index is 483. The molecule has 3 N–H and O–H groups in total. The van der Waals surface area contributed by atoms with Gasteiger partial charge in [-0.25, -0.2) is 14.5 Å². The lowest BCUT2D eigenvalue weighted by atomic mass is 10.1. The third-order valence-corrected chi connectivity index (χ3v) is 2.20. The van der Waals surface area contributed by atoms with Crippen LogP contribution in [0.3, 0.4) is 0 Å². The van der Waals surface area contributed by atoms with Crippen molar-refractivity contribution in [2.24, 2.45) is 5.73 Å². The zero-order valence-electron chi connectivity index (χ0n) is 8.18. The lowest BCUT2D eigenvalue weighted by Gasteiger charge is -2.02. The SMILES string of the molecule is NCCc1ccc(-n2cn[nH]c2=O)cc1. The van der Waals surface area contributed by atoms with Crippen molar-refractivity contribution in [3.8, 4) is 5.69 Å². The van der Waals surface area contributed by atoms with Crippen molar-refractivity contribution in [2.75, 3.05) is 6.54 Å².